The van der Waals surface area contributed by atoms with Gasteiger partial charge in [0.15, 0.2) is 0 Å². The van der Waals surface area contributed by atoms with Gasteiger partial charge in [-0.3, -0.25) is 4.98 Å². The van der Waals surface area contributed by atoms with Gasteiger partial charge in [-0.05, 0) is 24.5 Å². The number of hydrogen-bond acceptors (Lipinski definition) is 2. The first-order valence-electron chi connectivity index (χ1n) is 3.87. The lowest BCUT2D eigenvalue weighted by molar-refractivity contribution is 0.611. The normalized spacial score (nSPS) is 15.9. The Balaban J connectivity index is 2.77. The van der Waals surface area contributed by atoms with Gasteiger partial charge < -0.3 is 5.73 Å². The summed E-state index contributed by atoms with van der Waals surface area (Å²) >= 11 is 0. The lowest BCUT2D eigenvalue weighted by atomic mass is 9.97. The van der Waals surface area contributed by atoms with Gasteiger partial charge in [-0.1, -0.05) is 13.0 Å². The highest BCUT2D eigenvalue weighted by atomic mass is 14.6. The summed E-state index contributed by atoms with van der Waals surface area (Å²) in [7, 11) is 0. The van der Waals surface area contributed by atoms with Crippen LogP contribution in [0.2, 0.25) is 0 Å². The van der Waals surface area contributed by atoms with E-state index in [-0.39, 0.29) is 6.04 Å². The molecule has 0 radical (unpaired) electrons. The molecule has 11 heavy (non-hydrogen) atoms. The van der Waals surface area contributed by atoms with Crippen molar-refractivity contribution >= 4 is 0 Å². The number of nitrogens with zero attached hydrogens (tertiary/aromatic N) is 1. The summed E-state index contributed by atoms with van der Waals surface area (Å²) in [5, 5.41) is 0. The molecule has 2 unspecified atom stereocenters. The maximum absolute atomic E-state index is 5.74. The fraction of sp³-hybridized carbons (Fsp3) is 0.444. The first-order chi connectivity index (χ1) is 5.22. The molecule has 60 valence electrons. The van der Waals surface area contributed by atoms with Gasteiger partial charge in [0.25, 0.3) is 0 Å². The fourth-order valence-corrected chi connectivity index (χ4v) is 0.949. The third-order valence-corrected chi connectivity index (χ3v) is 2.00. The number of nitrogens with two attached hydrogens (primary N) is 1. The van der Waals surface area contributed by atoms with Crippen LogP contribution in [0.15, 0.2) is 24.5 Å². The molecule has 0 fully saturated rings. The van der Waals surface area contributed by atoms with Crippen LogP contribution in [0.3, 0.4) is 0 Å². The highest BCUT2D eigenvalue weighted by Crippen LogP contribution is 2.15. The van der Waals surface area contributed by atoms with Crippen molar-refractivity contribution in [1.82, 2.24) is 4.98 Å². The number of pyridine rings is 1. The van der Waals surface area contributed by atoms with Gasteiger partial charge in [0, 0.05) is 18.4 Å². The fourth-order valence-electron chi connectivity index (χ4n) is 0.949. The van der Waals surface area contributed by atoms with Gasteiger partial charge in [-0.25, -0.2) is 0 Å². The van der Waals surface area contributed by atoms with E-state index in [1.165, 1.54) is 5.56 Å². The zero-order valence-electron chi connectivity index (χ0n) is 6.99. The van der Waals surface area contributed by atoms with Crippen molar-refractivity contribution < 1.29 is 0 Å². The third kappa shape index (κ3) is 2.02. The first-order valence-corrected chi connectivity index (χ1v) is 3.87. The molecule has 0 amide bonds. The van der Waals surface area contributed by atoms with Gasteiger partial charge in [0.05, 0.1) is 0 Å². The molecule has 1 heterocycles. The Morgan fingerprint density at radius 2 is 2.18 bits per heavy atom. The Bertz CT molecular complexity index is 206. The maximum Gasteiger partial charge on any atom is 0.0303 e. The molecule has 0 aliphatic carbocycles. The molecule has 0 saturated carbocycles. The molecule has 0 aliphatic rings. The van der Waals surface area contributed by atoms with E-state index in [4.69, 9.17) is 5.73 Å². The number of hydrogen-bond donors (Lipinski definition) is 1. The minimum atomic E-state index is 0.194. The van der Waals surface area contributed by atoms with Crippen molar-refractivity contribution in [1.29, 1.82) is 0 Å². The van der Waals surface area contributed by atoms with Gasteiger partial charge in [-0.15, -0.1) is 0 Å². The lowest BCUT2D eigenvalue weighted by Crippen LogP contribution is -2.22. The highest BCUT2D eigenvalue weighted by Gasteiger charge is 2.08. The van der Waals surface area contributed by atoms with E-state index in [0.717, 1.165) is 0 Å². The van der Waals surface area contributed by atoms with Crippen molar-refractivity contribution in [2.24, 2.45) is 5.73 Å². The van der Waals surface area contributed by atoms with Crippen LogP contribution < -0.4 is 5.73 Å². The van der Waals surface area contributed by atoms with Gasteiger partial charge >= 0.3 is 0 Å². The van der Waals surface area contributed by atoms with Crippen molar-refractivity contribution in [2.45, 2.75) is 25.8 Å². The molecule has 0 spiro atoms. The summed E-state index contributed by atoms with van der Waals surface area (Å²) in [6.07, 6.45) is 3.64. The maximum atomic E-state index is 5.74. The van der Waals surface area contributed by atoms with Crippen LogP contribution >= 0.6 is 0 Å². The molecule has 1 rings (SSSR count). The smallest absolute Gasteiger partial charge is 0.0303 e. The van der Waals surface area contributed by atoms with Crippen LogP contribution in [0.4, 0.5) is 0 Å². The zero-order valence-corrected chi connectivity index (χ0v) is 6.99. The second kappa shape index (κ2) is 3.49. The van der Waals surface area contributed by atoms with Crippen LogP contribution in [0.1, 0.15) is 25.3 Å². The number of aromatic nitrogens is 1. The second-order valence-corrected chi connectivity index (χ2v) is 2.93. The highest BCUT2D eigenvalue weighted by molar-refractivity contribution is 5.15. The largest absolute Gasteiger partial charge is 0.327 e. The average molecular weight is 150 g/mol. The molecule has 0 aromatic carbocycles. The molecule has 2 nitrogen and oxygen atoms in total. The topological polar surface area (TPSA) is 38.9 Å². The van der Waals surface area contributed by atoms with Crippen molar-refractivity contribution in [2.75, 3.05) is 0 Å². The zero-order chi connectivity index (χ0) is 8.27. The molecule has 0 bridgehead atoms. The van der Waals surface area contributed by atoms with E-state index >= 15 is 0 Å². The molecular weight excluding hydrogens is 136 g/mol. The monoisotopic (exact) mass is 150 g/mol. The molecule has 0 aliphatic heterocycles. The standard InChI is InChI=1S/C9H14N2/c1-7(8(2)10)9-4-3-5-11-6-9/h3-8H,10H2,1-2H3. The summed E-state index contributed by atoms with van der Waals surface area (Å²) in [6.45, 7) is 4.12. The SMILES string of the molecule is CC(N)C(C)c1cccnc1. The lowest BCUT2D eigenvalue weighted by Gasteiger charge is -2.14. The van der Waals surface area contributed by atoms with E-state index in [1.807, 2.05) is 19.2 Å². The first kappa shape index (κ1) is 8.21. The molecule has 0 saturated heterocycles. The second-order valence-electron chi connectivity index (χ2n) is 2.93. The molecule has 1 aromatic rings. The van der Waals surface area contributed by atoms with Gasteiger partial charge in [0.2, 0.25) is 0 Å². The van der Waals surface area contributed by atoms with Crippen LogP contribution in [0.5, 0.6) is 0 Å². The Labute approximate surface area is 67.5 Å². The van der Waals surface area contributed by atoms with Crippen LogP contribution in [0, 0.1) is 0 Å². The average Bonchev–Trinajstić information content (AvgIpc) is 2.05. The quantitative estimate of drug-likeness (QED) is 0.694. The van der Waals surface area contributed by atoms with E-state index in [9.17, 15) is 0 Å². The third-order valence-electron chi connectivity index (χ3n) is 2.00. The van der Waals surface area contributed by atoms with Crippen LogP contribution in [-0.4, -0.2) is 11.0 Å². The summed E-state index contributed by atoms with van der Waals surface area (Å²) in [6, 6.07) is 4.19. The van der Waals surface area contributed by atoms with E-state index in [1.54, 1.807) is 6.20 Å². The predicted molar refractivity (Wildman–Crippen MR) is 46.3 cm³/mol. The molecular formula is C9H14N2. The Morgan fingerprint density at radius 1 is 1.45 bits per heavy atom. The van der Waals surface area contributed by atoms with Crippen molar-refractivity contribution in [3.05, 3.63) is 30.1 Å². The number of rotatable bonds is 2. The van der Waals surface area contributed by atoms with Crippen LogP contribution in [0.25, 0.3) is 0 Å². The van der Waals surface area contributed by atoms with Crippen LogP contribution in [-0.2, 0) is 0 Å². The minimum Gasteiger partial charge on any atom is -0.327 e. The summed E-state index contributed by atoms with van der Waals surface area (Å²) in [5.74, 6) is 0.392. The summed E-state index contributed by atoms with van der Waals surface area (Å²) in [4.78, 5) is 4.03. The Hall–Kier alpha value is -0.890. The summed E-state index contributed by atoms with van der Waals surface area (Å²) < 4.78 is 0. The summed E-state index contributed by atoms with van der Waals surface area (Å²) in [5.41, 5.74) is 6.95. The van der Waals surface area contributed by atoms with Gasteiger partial charge in [0.1, 0.15) is 0 Å². The Morgan fingerprint density at radius 3 is 2.64 bits per heavy atom. The molecule has 2 heteroatoms. The minimum absolute atomic E-state index is 0.194. The predicted octanol–water partition coefficient (Wildman–Crippen LogP) is 1.53. The van der Waals surface area contributed by atoms with E-state index in [2.05, 4.69) is 18.0 Å². The molecule has 2 N–H and O–H groups in total. The van der Waals surface area contributed by atoms with Crippen molar-refractivity contribution in [3.8, 4) is 0 Å². The Kier molecular flexibility index (Phi) is 2.60. The van der Waals surface area contributed by atoms with Crippen molar-refractivity contribution in [3.63, 3.8) is 0 Å². The molecule has 1 aromatic heterocycles. The van der Waals surface area contributed by atoms with E-state index in [0.29, 0.717) is 5.92 Å². The van der Waals surface area contributed by atoms with Gasteiger partial charge in [-0.2, -0.15) is 0 Å². The molecule has 2 atom stereocenters. The van der Waals surface area contributed by atoms with E-state index < -0.39 is 0 Å².